The van der Waals surface area contributed by atoms with Crippen LogP contribution in [0.5, 0.6) is 5.75 Å². The summed E-state index contributed by atoms with van der Waals surface area (Å²) in [7, 11) is 4.10. The minimum Gasteiger partial charge on any atom is -0.488 e. The second-order valence-corrected chi connectivity index (χ2v) is 8.96. The third kappa shape index (κ3) is 5.80. The number of hydrogen-bond acceptors (Lipinski definition) is 7. The van der Waals surface area contributed by atoms with Gasteiger partial charge in [0.15, 0.2) is 5.82 Å². The average molecular weight is 491 g/mol. The Morgan fingerprint density at radius 3 is 2.83 bits per heavy atom. The highest BCUT2D eigenvalue weighted by Gasteiger charge is 2.21. The minimum atomic E-state index is -0.499. The molecule has 1 aliphatic heterocycles. The molecule has 2 aromatic carbocycles. The third-order valence-electron chi connectivity index (χ3n) is 6.10. The van der Waals surface area contributed by atoms with E-state index in [9.17, 15) is 14.9 Å². The highest BCUT2D eigenvalue weighted by molar-refractivity contribution is 5.85. The molecule has 0 unspecified atom stereocenters. The molecular weight excluding hydrogens is 460 g/mol. The van der Waals surface area contributed by atoms with E-state index >= 15 is 0 Å². The third-order valence-corrected chi connectivity index (χ3v) is 6.10. The van der Waals surface area contributed by atoms with E-state index in [-0.39, 0.29) is 25.4 Å². The van der Waals surface area contributed by atoms with E-state index in [1.165, 1.54) is 10.8 Å². The van der Waals surface area contributed by atoms with E-state index in [0.717, 1.165) is 46.5 Å². The number of benzene rings is 2. The summed E-state index contributed by atoms with van der Waals surface area (Å²) in [6, 6.07) is 14.0. The molecular formula is C27H30N4O5. The standard InChI is InChI=1S/C27H30N4O5/c1-19-28-17-26(31(33)34)30(19)13-14-35-27(32)16-20-10-11-25-24(15-20)23(9-6-12-29(2)3)22-8-5-4-7-21(22)18-36-25/h4-5,7-11,15,17H,6,12-14,16,18H2,1-3H3/b23-9-. The molecule has 0 radical (unpaired) electrons. The number of carbonyl (C=O) groups is 1. The largest absolute Gasteiger partial charge is 0.488 e. The summed E-state index contributed by atoms with van der Waals surface area (Å²) in [4.78, 5) is 29.3. The maximum atomic E-state index is 12.6. The van der Waals surface area contributed by atoms with Crippen LogP contribution in [0.1, 0.15) is 34.5 Å². The van der Waals surface area contributed by atoms with Gasteiger partial charge in [0, 0.05) is 19.0 Å². The molecule has 1 aromatic heterocycles. The highest BCUT2D eigenvalue weighted by Crippen LogP contribution is 2.37. The summed E-state index contributed by atoms with van der Waals surface area (Å²) < 4.78 is 12.9. The molecule has 0 saturated carbocycles. The molecule has 3 aromatic rings. The molecule has 188 valence electrons. The van der Waals surface area contributed by atoms with Crippen LogP contribution < -0.4 is 4.74 Å². The van der Waals surface area contributed by atoms with Crippen LogP contribution in [0.15, 0.2) is 54.7 Å². The number of nitrogens with zero attached hydrogens (tertiary/aromatic N) is 4. The number of fused-ring (bicyclic) bond motifs is 2. The lowest BCUT2D eigenvalue weighted by Gasteiger charge is -2.14. The number of rotatable bonds is 9. The summed E-state index contributed by atoms with van der Waals surface area (Å²) in [5.74, 6) is 0.756. The molecule has 0 spiro atoms. The van der Waals surface area contributed by atoms with Crippen molar-refractivity contribution in [3.8, 4) is 5.75 Å². The van der Waals surface area contributed by atoms with Crippen LogP contribution >= 0.6 is 0 Å². The topological polar surface area (TPSA) is 99.7 Å². The normalized spacial score (nSPS) is 13.6. The molecule has 0 fully saturated rings. The summed E-state index contributed by atoms with van der Waals surface area (Å²) in [6.07, 6.45) is 4.40. The molecule has 0 saturated heterocycles. The summed E-state index contributed by atoms with van der Waals surface area (Å²) in [5.41, 5.74) is 5.11. The van der Waals surface area contributed by atoms with Crippen molar-refractivity contribution >= 4 is 17.4 Å². The Morgan fingerprint density at radius 1 is 1.25 bits per heavy atom. The number of aromatic nitrogens is 2. The van der Waals surface area contributed by atoms with Crippen LogP contribution in [0.3, 0.4) is 0 Å². The number of esters is 1. The van der Waals surface area contributed by atoms with Gasteiger partial charge < -0.3 is 24.5 Å². The Balaban J connectivity index is 1.50. The van der Waals surface area contributed by atoms with Crippen molar-refractivity contribution in [3.63, 3.8) is 0 Å². The maximum Gasteiger partial charge on any atom is 0.342 e. The first-order valence-electron chi connectivity index (χ1n) is 11.8. The van der Waals surface area contributed by atoms with Gasteiger partial charge in [0.05, 0.1) is 6.42 Å². The van der Waals surface area contributed by atoms with Gasteiger partial charge in [-0.1, -0.05) is 36.4 Å². The van der Waals surface area contributed by atoms with Gasteiger partial charge in [0.1, 0.15) is 31.7 Å². The number of nitro groups is 1. The molecule has 4 rings (SSSR count). The maximum absolute atomic E-state index is 12.6. The van der Waals surface area contributed by atoms with Crippen LogP contribution in [0.25, 0.3) is 5.57 Å². The monoisotopic (exact) mass is 490 g/mol. The quantitative estimate of drug-likeness (QED) is 0.252. The Labute approximate surface area is 210 Å². The van der Waals surface area contributed by atoms with Gasteiger partial charge in [0.2, 0.25) is 0 Å². The van der Waals surface area contributed by atoms with E-state index in [1.807, 2.05) is 44.4 Å². The van der Waals surface area contributed by atoms with Gasteiger partial charge in [-0.3, -0.25) is 4.79 Å². The fourth-order valence-corrected chi connectivity index (χ4v) is 4.27. The van der Waals surface area contributed by atoms with Gasteiger partial charge in [0.25, 0.3) is 0 Å². The van der Waals surface area contributed by atoms with E-state index in [1.54, 1.807) is 6.92 Å². The van der Waals surface area contributed by atoms with E-state index in [0.29, 0.717) is 12.4 Å². The van der Waals surface area contributed by atoms with Crippen molar-refractivity contribution in [2.45, 2.75) is 32.9 Å². The van der Waals surface area contributed by atoms with Crippen molar-refractivity contribution < 1.29 is 19.2 Å². The molecule has 0 N–H and O–H groups in total. The number of ether oxygens (including phenoxy) is 2. The Morgan fingerprint density at radius 2 is 2.06 bits per heavy atom. The van der Waals surface area contributed by atoms with Gasteiger partial charge in [-0.2, -0.15) is 0 Å². The fourth-order valence-electron chi connectivity index (χ4n) is 4.27. The van der Waals surface area contributed by atoms with Crippen molar-refractivity contribution in [2.75, 3.05) is 27.2 Å². The lowest BCUT2D eigenvalue weighted by Crippen LogP contribution is -2.15. The first-order valence-corrected chi connectivity index (χ1v) is 11.8. The Kier molecular flexibility index (Phi) is 7.80. The first kappa shape index (κ1) is 25.1. The van der Waals surface area contributed by atoms with E-state index < -0.39 is 10.9 Å². The molecule has 36 heavy (non-hydrogen) atoms. The number of imidazole rings is 1. The molecule has 0 amide bonds. The smallest absolute Gasteiger partial charge is 0.342 e. The predicted molar refractivity (Wildman–Crippen MR) is 136 cm³/mol. The van der Waals surface area contributed by atoms with Gasteiger partial charge in [-0.05, 0) is 59.8 Å². The zero-order valence-electron chi connectivity index (χ0n) is 20.8. The number of aryl methyl sites for hydroxylation is 1. The molecule has 0 bridgehead atoms. The molecule has 0 atom stereocenters. The van der Waals surface area contributed by atoms with Crippen molar-refractivity contribution in [2.24, 2.45) is 0 Å². The van der Waals surface area contributed by atoms with Gasteiger partial charge in [-0.15, -0.1) is 0 Å². The fraction of sp³-hybridized carbons (Fsp3) is 0.333. The van der Waals surface area contributed by atoms with Crippen LogP contribution in [-0.2, 0) is 29.1 Å². The lowest BCUT2D eigenvalue weighted by molar-refractivity contribution is -0.392. The van der Waals surface area contributed by atoms with E-state index in [4.69, 9.17) is 9.47 Å². The zero-order valence-corrected chi connectivity index (χ0v) is 20.8. The lowest BCUT2D eigenvalue weighted by atomic mass is 9.92. The van der Waals surface area contributed by atoms with E-state index in [2.05, 4.69) is 28.1 Å². The molecule has 1 aliphatic rings. The zero-order chi connectivity index (χ0) is 25.7. The second-order valence-electron chi connectivity index (χ2n) is 8.96. The minimum absolute atomic E-state index is 0.0218. The molecule has 9 nitrogen and oxygen atoms in total. The van der Waals surface area contributed by atoms with Crippen LogP contribution in [0.4, 0.5) is 5.82 Å². The number of hydrogen-bond donors (Lipinski definition) is 0. The Bertz CT molecular complexity index is 1300. The SMILES string of the molecule is Cc1ncc([N+](=O)[O-])n1CCOC(=O)Cc1ccc2c(c1)/C(=C\CCN(C)C)c1ccccc1CO2. The van der Waals surface area contributed by atoms with Crippen molar-refractivity contribution in [1.29, 1.82) is 0 Å². The summed E-state index contributed by atoms with van der Waals surface area (Å²) in [5, 5.41) is 11.1. The van der Waals surface area contributed by atoms with Crippen LogP contribution in [-0.4, -0.2) is 52.6 Å². The van der Waals surface area contributed by atoms with Crippen molar-refractivity contribution in [3.05, 3.63) is 92.9 Å². The summed E-state index contributed by atoms with van der Waals surface area (Å²) >= 11 is 0. The predicted octanol–water partition coefficient (Wildman–Crippen LogP) is 4.16. The summed E-state index contributed by atoms with van der Waals surface area (Å²) in [6.45, 7) is 3.27. The molecule has 9 heteroatoms. The molecule has 2 heterocycles. The highest BCUT2D eigenvalue weighted by atomic mass is 16.6. The Hall–Kier alpha value is -3.98. The second kappa shape index (κ2) is 11.2. The van der Waals surface area contributed by atoms with Gasteiger partial charge >= 0.3 is 11.8 Å². The van der Waals surface area contributed by atoms with Crippen LogP contribution in [0.2, 0.25) is 0 Å². The number of carbonyl (C=O) groups excluding carboxylic acids is 1. The van der Waals surface area contributed by atoms with Crippen LogP contribution in [0, 0.1) is 17.0 Å². The van der Waals surface area contributed by atoms with Gasteiger partial charge in [-0.25, -0.2) is 9.55 Å². The molecule has 0 aliphatic carbocycles. The average Bonchev–Trinajstić information content (AvgIpc) is 3.14. The first-order chi connectivity index (χ1) is 17.3. The van der Waals surface area contributed by atoms with Crippen molar-refractivity contribution in [1.82, 2.24) is 14.5 Å².